The topological polar surface area (TPSA) is 44.8 Å². The van der Waals surface area contributed by atoms with E-state index in [4.69, 9.17) is 25.8 Å². The first-order valence-corrected chi connectivity index (χ1v) is 13.3. The first-order chi connectivity index (χ1) is 17.0. The number of esters is 1. The molecule has 0 saturated heterocycles. The van der Waals surface area contributed by atoms with Crippen LogP contribution in [-0.2, 0) is 0 Å². The number of halogens is 1. The molecule has 0 aromatic heterocycles. The number of unbranched alkanes of at least 4 members (excludes halogenated alkanes) is 7. The lowest BCUT2D eigenvalue weighted by molar-refractivity contribution is 0.0734. The fraction of sp³-hybridized carbons (Fsp3) is 0.500. The third-order valence-electron chi connectivity index (χ3n) is 5.60. The van der Waals surface area contributed by atoms with Crippen molar-refractivity contribution >= 4 is 17.6 Å². The summed E-state index contributed by atoms with van der Waals surface area (Å²) in [6.07, 6.45) is 12.7. The van der Waals surface area contributed by atoms with E-state index in [1.165, 1.54) is 38.5 Å². The molecule has 0 saturated carbocycles. The van der Waals surface area contributed by atoms with Crippen LogP contribution in [0.15, 0.2) is 61.2 Å². The molecule has 0 N–H and O–H groups in total. The van der Waals surface area contributed by atoms with Gasteiger partial charge in [-0.3, -0.25) is 0 Å². The lowest BCUT2D eigenvalue weighted by Crippen LogP contribution is -2.14. The van der Waals surface area contributed by atoms with Crippen molar-refractivity contribution in [3.63, 3.8) is 0 Å². The predicted molar refractivity (Wildman–Crippen MR) is 145 cm³/mol. The molecule has 4 nitrogen and oxygen atoms in total. The molecule has 0 fully saturated rings. The summed E-state index contributed by atoms with van der Waals surface area (Å²) in [5.74, 6) is 2.06. The summed E-state index contributed by atoms with van der Waals surface area (Å²) in [6.45, 7) is 9.16. The largest absolute Gasteiger partial charge is 0.494 e. The average Bonchev–Trinajstić information content (AvgIpc) is 2.85. The molecule has 2 rings (SSSR count). The minimum atomic E-state index is -0.412. The summed E-state index contributed by atoms with van der Waals surface area (Å²) in [5, 5.41) is -0.0333. The summed E-state index contributed by atoms with van der Waals surface area (Å²) in [6, 6.07) is 14.1. The first kappa shape index (κ1) is 28.8. The van der Waals surface area contributed by atoms with Crippen molar-refractivity contribution in [1.29, 1.82) is 0 Å². The SMILES string of the molecule is C=CCCCCCCCCCOc1ccc(OC(=O)c2ccc(OC[C@H](Cl)CC(C)C)cc2)cc1. The van der Waals surface area contributed by atoms with E-state index in [9.17, 15) is 4.79 Å². The number of hydrogen-bond acceptors (Lipinski definition) is 4. The Balaban J connectivity index is 1.64. The average molecular weight is 501 g/mol. The van der Waals surface area contributed by atoms with Crippen molar-refractivity contribution in [1.82, 2.24) is 0 Å². The molecule has 2 aromatic carbocycles. The van der Waals surface area contributed by atoms with Crippen LogP contribution in [0.5, 0.6) is 17.2 Å². The summed E-state index contributed by atoms with van der Waals surface area (Å²) in [4.78, 5) is 12.4. The number of ether oxygens (including phenoxy) is 3. The van der Waals surface area contributed by atoms with Crippen LogP contribution in [0.4, 0.5) is 0 Å². The van der Waals surface area contributed by atoms with Gasteiger partial charge in [0, 0.05) is 0 Å². The van der Waals surface area contributed by atoms with Crippen molar-refractivity contribution in [3.8, 4) is 17.2 Å². The molecule has 0 aliphatic heterocycles. The van der Waals surface area contributed by atoms with Crippen LogP contribution < -0.4 is 14.2 Å². The van der Waals surface area contributed by atoms with Crippen molar-refractivity contribution in [2.24, 2.45) is 5.92 Å². The summed E-state index contributed by atoms with van der Waals surface area (Å²) in [7, 11) is 0. The molecule has 192 valence electrons. The molecule has 2 aromatic rings. The molecule has 0 radical (unpaired) electrons. The van der Waals surface area contributed by atoms with Crippen LogP contribution in [0.2, 0.25) is 0 Å². The molecule has 0 spiro atoms. The standard InChI is InChI=1S/C30H41ClO4/c1-4-5-6-7-8-9-10-11-12-21-33-27-17-19-29(20-18-27)35-30(32)25-13-15-28(16-14-25)34-23-26(31)22-24(2)3/h4,13-20,24,26H,1,5-12,21-23H2,2-3H3/t26-/m1/s1. The van der Waals surface area contributed by atoms with E-state index in [0.29, 0.717) is 36.2 Å². The first-order valence-electron chi connectivity index (χ1n) is 12.9. The highest BCUT2D eigenvalue weighted by molar-refractivity contribution is 6.20. The Bertz CT molecular complexity index is 846. The number of carbonyl (C=O) groups excluding carboxylic acids is 1. The van der Waals surface area contributed by atoms with Gasteiger partial charge in [0.05, 0.1) is 17.5 Å². The molecule has 0 bridgehead atoms. The van der Waals surface area contributed by atoms with Gasteiger partial charge in [-0.05, 0) is 80.1 Å². The van der Waals surface area contributed by atoms with E-state index < -0.39 is 5.97 Å². The quantitative estimate of drug-likeness (QED) is 0.0675. The Morgan fingerprint density at radius 1 is 0.829 bits per heavy atom. The third-order valence-corrected chi connectivity index (χ3v) is 5.91. The maximum atomic E-state index is 12.4. The predicted octanol–water partition coefficient (Wildman–Crippen LogP) is 8.62. The van der Waals surface area contributed by atoms with Crippen LogP contribution in [-0.4, -0.2) is 24.6 Å². The summed E-state index contributed by atoms with van der Waals surface area (Å²) in [5.41, 5.74) is 0.461. The van der Waals surface area contributed by atoms with Crippen LogP contribution in [0.3, 0.4) is 0 Å². The van der Waals surface area contributed by atoms with Gasteiger partial charge < -0.3 is 14.2 Å². The van der Waals surface area contributed by atoms with Gasteiger partial charge in [-0.2, -0.15) is 0 Å². The van der Waals surface area contributed by atoms with Gasteiger partial charge in [0.25, 0.3) is 0 Å². The second-order valence-corrected chi connectivity index (χ2v) is 9.94. The van der Waals surface area contributed by atoms with Gasteiger partial charge >= 0.3 is 5.97 Å². The minimum Gasteiger partial charge on any atom is -0.494 e. The van der Waals surface area contributed by atoms with Crippen LogP contribution in [0.1, 0.15) is 82.0 Å². The van der Waals surface area contributed by atoms with E-state index in [0.717, 1.165) is 25.0 Å². The van der Waals surface area contributed by atoms with Gasteiger partial charge in [0.1, 0.15) is 23.9 Å². The molecular formula is C30H41ClO4. The Morgan fingerprint density at radius 2 is 1.37 bits per heavy atom. The van der Waals surface area contributed by atoms with Gasteiger partial charge in [-0.1, -0.05) is 52.0 Å². The van der Waals surface area contributed by atoms with Crippen molar-refractivity contribution in [2.75, 3.05) is 13.2 Å². The van der Waals surface area contributed by atoms with E-state index >= 15 is 0 Å². The molecule has 0 aliphatic rings. The maximum Gasteiger partial charge on any atom is 0.343 e. The highest BCUT2D eigenvalue weighted by Crippen LogP contribution is 2.21. The molecule has 35 heavy (non-hydrogen) atoms. The summed E-state index contributed by atoms with van der Waals surface area (Å²) < 4.78 is 17.0. The smallest absolute Gasteiger partial charge is 0.343 e. The number of alkyl halides is 1. The van der Waals surface area contributed by atoms with Crippen molar-refractivity contribution < 1.29 is 19.0 Å². The molecule has 5 heteroatoms. The molecular weight excluding hydrogens is 460 g/mol. The van der Waals surface area contributed by atoms with Crippen LogP contribution in [0.25, 0.3) is 0 Å². The zero-order valence-corrected chi connectivity index (χ0v) is 22.1. The number of carbonyl (C=O) groups is 1. The van der Waals surface area contributed by atoms with Crippen LogP contribution in [0, 0.1) is 5.92 Å². The Hall–Kier alpha value is -2.46. The zero-order valence-electron chi connectivity index (χ0n) is 21.3. The fourth-order valence-electron chi connectivity index (χ4n) is 3.69. The Labute approximate surface area is 216 Å². The fourth-order valence-corrected chi connectivity index (χ4v) is 4.11. The maximum absolute atomic E-state index is 12.4. The Kier molecular flexibility index (Phi) is 14.0. The van der Waals surface area contributed by atoms with Gasteiger partial charge in [-0.15, -0.1) is 18.2 Å². The number of benzene rings is 2. The molecule has 0 heterocycles. The third kappa shape index (κ3) is 12.7. The molecule has 1 atom stereocenters. The molecule has 0 aliphatic carbocycles. The van der Waals surface area contributed by atoms with E-state index in [2.05, 4.69) is 20.4 Å². The van der Waals surface area contributed by atoms with Crippen LogP contribution >= 0.6 is 11.6 Å². The molecule has 0 unspecified atom stereocenters. The van der Waals surface area contributed by atoms with Gasteiger partial charge in [0.2, 0.25) is 0 Å². The lowest BCUT2D eigenvalue weighted by atomic mass is 10.1. The monoisotopic (exact) mass is 500 g/mol. The minimum absolute atomic E-state index is 0.0333. The van der Waals surface area contributed by atoms with E-state index in [1.54, 1.807) is 36.4 Å². The molecule has 0 amide bonds. The normalized spacial score (nSPS) is 11.8. The summed E-state index contributed by atoms with van der Waals surface area (Å²) >= 11 is 6.27. The van der Waals surface area contributed by atoms with Crippen molar-refractivity contribution in [2.45, 2.75) is 77.0 Å². The highest BCUT2D eigenvalue weighted by atomic mass is 35.5. The van der Waals surface area contributed by atoms with E-state index in [1.807, 2.05) is 18.2 Å². The number of rotatable bonds is 18. The van der Waals surface area contributed by atoms with Gasteiger partial charge in [-0.25, -0.2) is 4.79 Å². The Morgan fingerprint density at radius 3 is 2.00 bits per heavy atom. The lowest BCUT2D eigenvalue weighted by Gasteiger charge is -2.13. The van der Waals surface area contributed by atoms with Gasteiger partial charge in [0.15, 0.2) is 0 Å². The number of allylic oxidation sites excluding steroid dienone is 1. The highest BCUT2D eigenvalue weighted by Gasteiger charge is 2.11. The van der Waals surface area contributed by atoms with Crippen molar-refractivity contribution in [3.05, 3.63) is 66.7 Å². The number of hydrogen-bond donors (Lipinski definition) is 0. The van der Waals surface area contributed by atoms with E-state index in [-0.39, 0.29) is 5.38 Å². The second-order valence-electron chi connectivity index (χ2n) is 9.32. The zero-order chi connectivity index (χ0) is 25.3. The second kappa shape index (κ2) is 17.0.